The van der Waals surface area contributed by atoms with Crippen LogP contribution in [-0.2, 0) is 0 Å². The molecule has 0 amide bonds. The van der Waals surface area contributed by atoms with Gasteiger partial charge in [0.05, 0.1) is 6.21 Å². The van der Waals surface area contributed by atoms with Crippen LogP contribution in [0.2, 0.25) is 0 Å². The molecule has 0 radical (unpaired) electrons. The number of aromatic nitrogens is 1. The molecule has 2 rings (SSSR count). The van der Waals surface area contributed by atoms with Gasteiger partial charge in [-0.05, 0) is 25.0 Å². The standard InChI is InChI=1S/C14H11F4N3/c1-7-3-4-8(2)9(5-7)6-19-21-12-10(15)13(17)20-14(18)11(12)16/h3-6H,1-2H3,(H,20,21)/b19-6-. The molecule has 0 saturated carbocycles. The van der Waals surface area contributed by atoms with E-state index in [9.17, 15) is 17.6 Å². The quantitative estimate of drug-likeness (QED) is 0.406. The van der Waals surface area contributed by atoms with Crippen LogP contribution in [0.4, 0.5) is 23.2 Å². The van der Waals surface area contributed by atoms with Crippen LogP contribution < -0.4 is 5.43 Å². The molecule has 21 heavy (non-hydrogen) atoms. The molecule has 0 bridgehead atoms. The van der Waals surface area contributed by atoms with Crippen LogP contribution in [0, 0.1) is 37.4 Å². The summed E-state index contributed by atoms with van der Waals surface area (Å²) in [5.74, 6) is -6.74. The number of benzene rings is 1. The first-order chi connectivity index (χ1) is 9.90. The molecule has 3 nitrogen and oxygen atoms in total. The van der Waals surface area contributed by atoms with Crippen LogP contribution in [-0.4, -0.2) is 11.2 Å². The Balaban J connectivity index is 2.28. The molecule has 0 aliphatic rings. The van der Waals surface area contributed by atoms with E-state index in [1.807, 2.05) is 31.4 Å². The molecule has 0 saturated heterocycles. The lowest BCUT2D eigenvalue weighted by Crippen LogP contribution is -2.06. The van der Waals surface area contributed by atoms with Crippen LogP contribution in [0.5, 0.6) is 0 Å². The minimum absolute atomic E-state index is 0.707. The number of nitrogens with zero attached hydrogens (tertiary/aromatic N) is 2. The third kappa shape index (κ3) is 3.18. The Labute approximate surface area is 118 Å². The van der Waals surface area contributed by atoms with E-state index >= 15 is 0 Å². The monoisotopic (exact) mass is 297 g/mol. The minimum Gasteiger partial charge on any atom is -0.272 e. The van der Waals surface area contributed by atoms with Crippen molar-refractivity contribution in [1.82, 2.24) is 4.98 Å². The molecule has 7 heteroatoms. The van der Waals surface area contributed by atoms with Gasteiger partial charge in [-0.25, -0.2) is 0 Å². The van der Waals surface area contributed by atoms with Gasteiger partial charge in [0.25, 0.3) is 11.9 Å². The summed E-state index contributed by atoms with van der Waals surface area (Å²) in [6.45, 7) is 3.70. The Kier molecular flexibility index (Phi) is 4.21. The number of hydrogen-bond donors (Lipinski definition) is 1. The Morgan fingerprint density at radius 3 is 2.29 bits per heavy atom. The maximum Gasteiger partial charge on any atom is 0.254 e. The molecule has 1 heterocycles. The zero-order chi connectivity index (χ0) is 15.6. The molecule has 0 aliphatic carbocycles. The first-order valence-corrected chi connectivity index (χ1v) is 5.96. The number of hydrogen-bond acceptors (Lipinski definition) is 3. The van der Waals surface area contributed by atoms with Gasteiger partial charge in [0.2, 0.25) is 11.6 Å². The van der Waals surface area contributed by atoms with E-state index in [-0.39, 0.29) is 0 Å². The van der Waals surface area contributed by atoms with Crippen molar-refractivity contribution < 1.29 is 17.6 Å². The van der Waals surface area contributed by atoms with Crippen LogP contribution in [0.1, 0.15) is 16.7 Å². The third-order valence-corrected chi connectivity index (χ3v) is 2.81. The number of rotatable bonds is 3. The number of anilines is 1. The average molecular weight is 297 g/mol. The smallest absolute Gasteiger partial charge is 0.254 e. The van der Waals surface area contributed by atoms with Gasteiger partial charge in [-0.3, -0.25) is 5.43 Å². The lowest BCUT2D eigenvalue weighted by Gasteiger charge is -2.05. The molecule has 0 aliphatic heterocycles. The Morgan fingerprint density at radius 1 is 1.05 bits per heavy atom. The van der Waals surface area contributed by atoms with E-state index in [1.165, 1.54) is 6.21 Å². The van der Waals surface area contributed by atoms with Crippen molar-refractivity contribution in [3.8, 4) is 0 Å². The summed E-state index contributed by atoms with van der Waals surface area (Å²) < 4.78 is 52.5. The Hall–Kier alpha value is -2.44. The SMILES string of the molecule is Cc1ccc(C)c(/C=N\Nc2c(F)c(F)nc(F)c2F)c1. The zero-order valence-corrected chi connectivity index (χ0v) is 11.2. The van der Waals surface area contributed by atoms with E-state index in [0.29, 0.717) is 5.56 Å². The number of halogens is 4. The molecule has 0 fully saturated rings. The Morgan fingerprint density at radius 2 is 1.67 bits per heavy atom. The van der Waals surface area contributed by atoms with Crippen molar-refractivity contribution in [2.24, 2.45) is 5.10 Å². The highest BCUT2D eigenvalue weighted by molar-refractivity contribution is 5.82. The first-order valence-electron chi connectivity index (χ1n) is 5.96. The predicted octanol–water partition coefficient (Wildman–Crippen LogP) is 3.70. The lowest BCUT2D eigenvalue weighted by molar-refractivity contribution is 0.411. The largest absolute Gasteiger partial charge is 0.272 e. The van der Waals surface area contributed by atoms with Gasteiger partial charge in [-0.2, -0.15) is 27.6 Å². The maximum atomic E-state index is 13.3. The minimum atomic E-state index is -1.74. The molecule has 1 N–H and O–H groups in total. The van der Waals surface area contributed by atoms with Crippen molar-refractivity contribution in [1.29, 1.82) is 0 Å². The van der Waals surface area contributed by atoms with E-state index in [0.717, 1.165) is 11.1 Å². The normalized spacial score (nSPS) is 11.1. The lowest BCUT2D eigenvalue weighted by atomic mass is 10.1. The number of nitrogens with one attached hydrogen (secondary N) is 1. The first kappa shape index (κ1) is 15.0. The van der Waals surface area contributed by atoms with Gasteiger partial charge in [0.1, 0.15) is 5.69 Å². The second-order valence-electron chi connectivity index (χ2n) is 4.43. The van der Waals surface area contributed by atoms with E-state index in [2.05, 4.69) is 10.1 Å². The van der Waals surface area contributed by atoms with Crippen LogP contribution in [0.3, 0.4) is 0 Å². The van der Waals surface area contributed by atoms with Gasteiger partial charge < -0.3 is 0 Å². The van der Waals surface area contributed by atoms with E-state index in [4.69, 9.17) is 0 Å². The van der Waals surface area contributed by atoms with Crippen LogP contribution in [0.15, 0.2) is 23.3 Å². The van der Waals surface area contributed by atoms with E-state index < -0.39 is 29.2 Å². The summed E-state index contributed by atoms with van der Waals surface area (Å²) >= 11 is 0. The molecule has 2 aromatic rings. The van der Waals surface area contributed by atoms with Crippen molar-refractivity contribution in [2.75, 3.05) is 5.43 Å². The summed E-state index contributed by atoms with van der Waals surface area (Å²) in [5, 5.41) is 3.60. The molecule has 1 aromatic carbocycles. The predicted molar refractivity (Wildman–Crippen MR) is 71.2 cm³/mol. The zero-order valence-electron chi connectivity index (χ0n) is 11.2. The summed E-state index contributed by atoms with van der Waals surface area (Å²) in [6, 6.07) is 5.55. The molecule has 110 valence electrons. The van der Waals surface area contributed by atoms with Gasteiger partial charge >= 0.3 is 0 Å². The average Bonchev–Trinajstić information content (AvgIpc) is 2.44. The topological polar surface area (TPSA) is 37.3 Å². The maximum absolute atomic E-state index is 13.3. The highest BCUT2D eigenvalue weighted by Gasteiger charge is 2.20. The van der Waals surface area contributed by atoms with E-state index in [1.54, 1.807) is 6.07 Å². The van der Waals surface area contributed by atoms with Crippen molar-refractivity contribution in [2.45, 2.75) is 13.8 Å². The summed E-state index contributed by atoms with van der Waals surface area (Å²) in [4.78, 5) is 2.45. The number of pyridine rings is 1. The molecule has 0 unspecified atom stereocenters. The van der Waals surface area contributed by atoms with Crippen molar-refractivity contribution >= 4 is 11.9 Å². The highest BCUT2D eigenvalue weighted by Crippen LogP contribution is 2.21. The fourth-order valence-electron chi connectivity index (χ4n) is 1.65. The Bertz CT molecular complexity index is 688. The number of hydrazone groups is 1. The second-order valence-corrected chi connectivity index (χ2v) is 4.43. The van der Waals surface area contributed by atoms with Crippen LogP contribution in [0.25, 0.3) is 0 Å². The second kappa shape index (κ2) is 5.90. The fourth-order valence-corrected chi connectivity index (χ4v) is 1.65. The molecule has 0 atom stereocenters. The van der Waals surface area contributed by atoms with Crippen LogP contribution >= 0.6 is 0 Å². The van der Waals surface area contributed by atoms with Crippen molar-refractivity contribution in [3.05, 3.63) is 58.4 Å². The highest BCUT2D eigenvalue weighted by atomic mass is 19.2. The molecular formula is C14H11F4N3. The fraction of sp³-hybridized carbons (Fsp3) is 0.143. The van der Waals surface area contributed by atoms with Gasteiger partial charge in [0, 0.05) is 0 Å². The number of aryl methyl sites for hydroxylation is 2. The van der Waals surface area contributed by atoms with Gasteiger partial charge in [-0.15, -0.1) is 0 Å². The summed E-state index contributed by atoms with van der Waals surface area (Å²) in [6.07, 6.45) is 1.30. The van der Waals surface area contributed by atoms with Crippen molar-refractivity contribution in [3.63, 3.8) is 0 Å². The van der Waals surface area contributed by atoms with Gasteiger partial charge in [-0.1, -0.05) is 23.8 Å². The molecular weight excluding hydrogens is 286 g/mol. The summed E-state index contributed by atoms with van der Waals surface area (Å²) in [7, 11) is 0. The third-order valence-electron chi connectivity index (χ3n) is 2.81. The van der Waals surface area contributed by atoms with Gasteiger partial charge in [0.15, 0.2) is 0 Å². The summed E-state index contributed by atoms with van der Waals surface area (Å²) in [5.41, 5.74) is 3.50. The molecule has 0 spiro atoms. The molecule has 1 aromatic heterocycles.